The second kappa shape index (κ2) is 5.49. The van der Waals surface area contributed by atoms with Gasteiger partial charge in [-0.3, -0.25) is 4.90 Å². The van der Waals surface area contributed by atoms with E-state index in [1.165, 1.54) is 32.4 Å². The average Bonchev–Trinajstić information content (AvgIpc) is 2.87. The number of nitrogens with two attached hydrogens (primary N) is 1. The maximum Gasteiger partial charge on any atom is 0.150 e. The Morgan fingerprint density at radius 2 is 2.10 bits per heavy atom. The van der Waals surface area contributed by atoms with E-state index in [4.69, 9.17) is 10.3 Å². The van der Waals surface area contributed by atoms with Crippen molar-refractivity contribution in [3.05, 3.63) is 17.5 Å². The molecular weight excluding hydrogens is 250 g/mol. The fourth-order valence-electron chi connectivity index (χ4n) is 3.52. The van der Waals surface area contributed by atoms with Gasteiger partial charge < -0.3 is 10.3 Å². The van der Waals surface area contributed by atoms with Crippen molar-refractivity contribution in [3.63, 3.8) is 0 Å². The molecule has 2 N–H and O–H groups in total. The van der Waals surface area contributed by atoms with Gasteiger partial charge in [-0.05, 0) is 50.1 Å². The van der Waals surface area contributed by atoms with Crippen LogP contribution in [0.3, 0.4) is 0 Å². The van der Waals surface area contributed by atoms with Gasteiger partial charge in [-0.15, -0.1) is 0 Å². The molecule has 1 aromatic heterocycles. The molecule has 1 aliphatic heterocycles. The number of hydrogen-bond donors (Lipinski definition) is 1. The third kappa shape index (κ3) is 2.77. The van der Waals surface area contributed by atoms with Gasteiger partial charge in [-0.2, -0.15) is 0 Å². The highest BCUT2D eigenvalue weighted by molar-refractivity contribution is 5.11. The van der Waals surface area contributed by atoms with Crippen molar-refractivity contribution in [2.24, 2.45) is 17.1 Å². The van der Waals surface area contributed by atoms with Gasteiger partial charge >= 0.3 is 0 Å². The van der Waals surface area contributed by atoms with Crippen LogP contribution in [0.25, 0.3) is 0 Å². The van der Waals surface area contributed by atoms with Crippen LogP contribution in [0.4, 0.5) is 0 Å². The standard InChI is InChI=1S/C16H27N3O/c1-16(2)12(9-15(16)17)8-13-10-14(20-18-13)11-19-6-4-3-5-7-19/h10,12,15H,3-9,11,17H2,1-2H3/t12-,15+/m1/s1. The zero-order valence-corrected chi connectivity index (χ0v) is 12.8. The van der Waals surface area contributed by atoms with Crippen LogP contribution in [0.2, 0.25) is 0 Å². The van der Waals surface area contributed by atoms with Gasteiger partial charge in [0, 0.05) is 12.1 Å². The summed E-state index contributed by atoms with van der Waals surface area (Å²) in [5.74, 6) is 1.66. The summed E-state index contributed by atoms with van der Waals surface area (Å²) in [5.41, 5.74) is 7.42. The van der Waals surface area contributed by atoms with Crippen LogP contribution in [0.5, 0.6) is 0 Å². The topological polar surface area (TPSA) is 55.3 Å². The summed E-state index contributed by atoms with van der Waals surface area (Å²) in [6, 6.07) is 2.49. The van der Waals surface area contributed by atoms with E-state index in [2.05, 4.69) is 30.0 Å². The molecule has 1 aliphatic carbocycles. The molecule has 0 radical (unpaired) electrons. The lowest BCUT2D eigenvalue weighted by Crippen LogP contribution is -2.55. The second-order valence-corrected chi connectivity index (χ2v) is 7.19. The molecule has 0 aromatic carbocycles. The molecule has 1 aromatic rings. The third-order valence-electron chi connectivity index (χ3n) is 5.44. The molecule has 20 heavy (non-hydrogen) atoms. The van der Waals surface area contributed by atoms with Crippen LogP contribution in [0.15, 0.2) is 10.6 Å². The molecule has 1 saturated carbocycles. The Labute approximate surface area is 121 Å². The number of piperidine rings is 1. The van der Waals surface area contributed by atoms with Crippen molar-refractivity contribution in [2.45, 2.75) is 58.5 Å². The minimum Gasteiger partial charge on any atom is -0.360 e. The highest BCUT2D eigenvalue weighted by atomic mass is 16.5. The van der Waals surface area contributed by atoms with E-state index in [1.807, 2.05) is 0 Å². The van der Waals surface area contributed by atoms with Crippen molar-refractivity contribution in [3.8, 4) is 0 Å². The molecule has 4 heteroatoms. The second-order valence-electron chi connectivity index (χ2n) is 7.19. The Bertz CT molecular complexity index is 448. The lowest BCUT2D eigenvalue weighted by Gasteiger charge is -2.50. The highest BCUT2D eigenvalue weighted by Crippen LogP contribution is 2.46. The molecule has 3 rings (SSSR count). The predicted molar refractivity (Wildman–Crippen MR) is 79.2 cm³/mol. The molecule has 2 heterocycles. The smallest absolute Gasteiger partial charge is 0.150 e. The number of rotatable bonds is 4. The maximum absolute atomic E-state index is 6.08. The molecule has 112 valence electrons. The molecule has 2 fully saturated rings. The number of hydrogen-bond acceptors (Lipinski definition) is 4. The van der Waals surface area contributed by atoms with Crippen LogP contribution < -0.4 is 5.73 Å². The summed E-state index contributed by atoms with van der Waals surface area (Å²) < 4.78 is 5.51. The summed E-state index contributed by atoms with van der Waals surface area (Å²) in [5, 5.41) is 4.25. The molecule has 1 saturated heterocycles. The summed E-state index contributed by atoms with van der Waals surface area (Å²) in [4.78, 5) is 2.47. The molecule has 0 spiro atoms. The first-order valence-electron chi connectivity index (χ1n) is 7.98. The van der Waals surface area contributed by atoms with Gasteiger partial charge in [0.2, 0.25) is 0 Å². The highest BCUT2D eigenvalue weighted by Gasteiger charge is 2.45. The zero-order chi connectivity index (χ0) is 14.2. The van der Waals surface area contributed by atoms with Crippen LogP contribution in [0.1, 0.15) is 51.0 Å². The summed E-state index contributed by atoms with van der Waals surface area (Å²) in [6.45, 7) is 7.84. The Hall–Kier alpha value is -0.870. The first-order chi connectivity index (χ1) is 9.55. The van der Waals surface area contributed by atoms with E-state index in [0.29, 0.717) is 12.0 Å². The zero-order valence-electron chi connectivity index (χ0n) is 12.8. The largest absolute Gasteiger partial charge is 0.360 e. The maximum atomic E-state index is 6.08. The van der Waals surface area contributed by atoms with Crippen molar-refractivity contribution < 1.29 is 4.52 Å². The van der Waals surface area contributed by atoms with Gasteiger partial charge in [-0.1, -0.05) is 25.4 Å². The number of likely N-dealkylation sites (tertiary alicyclic amines) is 1. The normalized spacial score (nSPS) is 30.1. The minimum absolute atomic E-state index is 0.242. The van der Waals surface area contributed by atoms with Crippen LogP contribution in [0, 0.1) is 11.3 Å². The summed E-state index contributed by atoms with van der Waals surface area (Å²) in [6.07, 6.45) is 6.12. The number of aromatic nitrogens is 1. The minimum atomic E-state index is 0.242. The van der Waals surface area contributed by atoms with E-state index in [9.17, 15) is 0 Å². The Morgan fingerprint density at radius 1 is 1.35 bits per heavy atom. The van der Waals surface area contributed by atoms with Crippen LogP contribution in [-0.2, 0) is 13.0 Å². The van der Waals surface area contributed by atoms with E-state index in [-0.39, 0.29) is 5.41 Å². The van der Waals surface area contributed by atoms with Crippen molar-refractivity contribution in [2.75, 3.05) is 13.1 Å². The summed E-state index contributed by atoms with van der Waals surface area (Å²) >= 11 is 0. The Balaban J connectivity index is 1.54. The summed E-state index contributed by atoms with van der Waals surface area (Å²) in [7, 11) is 0. The Morgan fingerprint density at radius 3 is 2.75 bits per heavy atom. The molecule has 0 amide bonds. The molecule has 2 aliphatic rings. The van der Waals surface area contributed by atoms with Crippen LogP contribution in [-0.4, -0.2) is 29.2 Å². The van der Waals surface area contributed by atoms with Crippen molar-refractivity contribution in [1.29, 1.82) is 0 Å². The third-order valence-corrected chi connectivity index (χ3v) is 5.44. The quantitative estimate of drug-likeness (QED) is 0.919. The van der Waals surface area contributed by atoms with E-state index < -0.39 is 0 Å². The molecule has 4 nitrogen and oxygen atoms in total. The fourth-order valence-corrected chi connectivity index (χ4v) is 3.52. The first kappa shape index (κ1) is 14.1. The monoisotopic (exact) mass is 277 g/mol. The molecular formula is C16H27N3O. The average molecular weight is 277 g/mol. The van der Waals surface area contributed by atoms with E-state index >= 15 is 0 Å². The predicted octanol–water partition coefficient (Wildman–Crippen LogP) is 2.58. The molecule has 2 atom stereocenters. The van der Waals surface area contributed by atoms with E-state index in [1.54, 1.807) is 0 Å². The lowest BCUT2D eigenvalue weighted by atomic mass is 9.57. The molecule has 0 unspecified atom stereocenters. The van der Waals surface area contributed by atoms with Crippen molar-refractivity contribution in [1.82, 2.24) is 10.1 Å². The fraction of sp³-hybridized carbons (Fsp3) is 0.812. The lowest BCUT2D eigenvalue weighted by molar-refractivity contribution is 0.0370. The molecule has 0 bridgehead atoms. The van der Waals surface area contributed by atoms with E-state index in [0.717, 1.165) is 30.8 Å². The van der Waals surface area contributed by atoms with Gasteiger partial charge in [0.15, 0.2) is 5.76 Å². The van der Waals surface area contributed by atoms with Gasteiger partial charge in [0.05, 0.1) is 12.2 Å². The van der Waals surface area contributed by atoms with Crippen LogP contribution >= 0.6 is 0 Å². The Kier molecular flexibility index (Phi) is 3.87. The van der Waals surface area contributed by atoms with Crippen molar-refractivity contribution >= 4 is 0 Å². The SMILES string of the molecule is CC1(C)[C@H](Cc2cc(CN3CCCCC3)on2)C[C@@H]1N. The van der Waals surface area contributed by atoms with Gasteiger partial charge in [-0.25, -0.2) is 0 Å². The van der Waals surface area contributed by atoms with Gasteiger partial charge in [0.1, 0.15) is 0 Å². The number of nitrogens with zero attached hydrogens (tertiary/aromatic N) is 2. The van der Waals surface area contributed by atoms with Gasteiger partial charge in [0.25, 0.3) is 0 Å². The first-order valence-corrected chi connectivity index (χ1v) is 7.98.